The summed E-state index contributed by atoms with van der Waals surface area (Å²) in [6.07, 6.45) is 0. The average molecular weight is 492 g/mol. The molecule has 0 aliphatic carbocycles. The lowest BCUT2D eigenvalue weighted by Crippen LogP contribution is -2.36. The van der Waals surface area contributed by atoms with E-state index in [0.29, 0.717) is 35.1 Å². The molecule has 0 aliphatic rings. The van der Waals surface area contributed by atoms with Gasteiger partial charge in [0.2, 0.25) is 0 Å². The standard InChI is InChI=1S/C22H26BrN3O3S/c1-13(2)12-29-19-10-9-15(23)11-17(19)21(28)26-22(30)25-18-8-6-5-7-16(18)20(27)24-14(3)4/h5-11,13-14H,12H2,1-4H3,(H,24,27)(H2,25,26,28,30). The number of hydrogen-bond acceptors (Lipinski definition) is 4. The molecular formula is C22H26BrN3O3S. The highest BCUT2D eigenvalue weighted by Gasteiger charge is 2.17. The smallest absolute Gasteiger partial charge is 0.261 e. The van der Waals surface area contributed by atoms with Crippen LogP contribution >= 0.6 is 28.1 Å². The number of nitrogens with one attached hydrogen (secondary N) is 3. The van der Waals surface area contributed by atoms with Gasteiger partial charge in [-0.2, -0.15) is 0 Å². The van der Waals surface area contributed by atoms with Crippen LogP contribution in [0.4, 0.5) is 5.69 Å². The van der Waals surface area contributed by atoms with Crippen LogP contribution in [-0.4, -0.2) is 29.6 Å². The van der Waals surface area contributed by atoms with Crippen molar-refractivity contribution in [3.8, 4) is 5.75 Å². The van der Waals surface area contributed by atoms with Crippen LogP contribution in [0, 0.1) is 5.92 Å². The number of carbonyl (C=O) groups is 2. The van der Waals surface area contributed by atoms with Crippen LogP contribution in [-0.2, 0) is 0 Å². The van der Waals surface area contributed by atoms with Crippen molar-refractivity contribution in [3.63, 3.8) is 0 Å². The average Bonchev–Trinajstić information content (AvgIpc) is 2.66. The first kappa shape index (κ1) is 23.8. The van der Waals surface area contributed by atoms with E-state index < -0.39 is 5.91 Å². The molecule has 30 heavy (non-hydrogen) atoms. The molecule has 0 aromatic heterocycles. The Hall–Kier alpha value is -2.45. The zero-order valence-corrected chi connectivity index (χ0v) is 19.8. The van der Waals surface area contributed by atoms with Crippen LogP contribution in [0.3, 0.4) is 0 Å². The molecule has 0 heterocycles. The maximum atomic E-state index is 12.8. The Morgan fingerprint density at radius 1 is 1.03 bits per heavy atom. The molecule has 8 heteroatoms. The number of ether oxygens (including phenoxy) is 1. The largest absolute Gasteiger partial charge is 0.492 e. The van der Waals surface area contributed by atoms with E-state index in [2.05, 4.69) is 31.9 Å². The highest BCUT2D eigenvalue weighted by atomic mass is 79.9. The van der Waals surface area contributed by atoms with E-state index in [-0.39, 0.29) is 17.1 Å². The summed E-state index contributed by atoms with van der Waals surface area (Å²) in [5.74, 6) is 0.167. The molecule has 2 aromatic rings. The van der Waals surface area contributed by atoms with E-state index in [1.807, 2.05) is 33.8 Å². The Labute approximate surface area is 190 Å². The third-order valence-corrected chi connectivity index (χ3v) is 4.52. The van der Waals surface area contributed by atoms with Crippen molar-refractivity contribution < 1.29 is 14.3 Å². The molecule has 0 atom stereocenters. The molecule has 0 fully saturated rings. The van der Waals surface area contributed by atoms with Gasteiger partial charge >= 0.3 is 0 Å². The lowest BCUT2D eigenvalue weighted by Gasteiger charge is -2.16. The van der Waals surface area contributed by atoms with E-state index in [9.17, 15) is 9.59 Å². The van der Waals surface area contributed by atoms with E-state index in [1.165, 1.54) is 0 Å². The highest BCUT2D eigenvalue weighted by Crippen LogP contribution is 2.24. The lowest BCUT2D eigenvalue weighted by atomic mass is 10.1. The molecule has 0 unspecified atom stereocenters. The molecule has 2 aromatic carbocycles. The summed E-state index contributed by atoms with van der Waals surface area (Å²) < 4.78 is 6.51. The second-order valence-electron chi connectivity index (χ2n) is 7.43. The van der Waals surface area contributed by atoms with Crippen LogP contribution in [0.5, 0.6) is 5.75 Å². The van der Waals surface area contributed by atoms with Gasteiger partial charge in [-0.05, 0) is 62.3 Å². The van der Waals surface area contributed by atoms with Gasteiger partial charge in [0, 0.05) is 10.5 Å². The van der Waals surface area contributed by atoms with Crippen LogP contribution < -0.4 is 20.7 Å². The number of rotatable bonds is 7. The third kappa shape index (κ3) is 7.11. The minimum Gasteiger partial charge on any atom is -0.492 e. The van der Waals surface area contributed by atoms with Crippen LogP contribution in [0.15, 0.2) is 46.9 Å². The zero-order valence-electron chi connectivity index (χ0n) is 17.4. The maximum Gasteiger partial charge on any atom is 0.261 e. The highest BCUT2D eigenvalue weighted by molar-refractivity contribution is 9.10. The van der Waals surface area contributed by atoms with Gasteiger partial charge in [-0.1, -0.05) is 41.9 Å². The van der Waals surface area contributed by atoms with Crippen molar-refractivity contribution in [3.05, 3.63) is 58.1 Å². The number of halogens is 1. The third-order valence-electron chi connectivity index (χ3n) is 3.83. The topological polar surface area (TPSA) is 79.5 Å². The SMILES string of the molecule is CC(C)COc1ccc(Br)cc1C(=O)NC(=S)Nc1ccccc1C(=O)NC(C)C. The molecule has 0 bridgehead atoms. The van der Waals surface area contributed by atoms with Crippen molar-refractivity contribution in [2.45, 2.75) is 33.7 Å². The first-order valence-corrected chi connectivity index (χ1v) is 10.8. The molecule has 160 valence electrons. The first-order valence-electron chi connectivity index (χ1n) is 9.62. The van der Waals surface area contributed by atoms with Crippen molar-refractivity contribution in [1.29, 1.82) is 0 Å². The van der Waals surface area contributed by atoms with Crippen molar-refractivity contribution in [2.24, 2.45) is 5.92 Å². The Kier molecular flexibility index (Phi) is 8.80. The zero-order chi connectivity index (χ0) is 22.3. The van der Waals surface area contributed by atoms with E-state index in [4.69, 9.17) is 17.0 Å². The minimum atomic E-state index is -0.406. The first-order chi connectivity index (χ1) is 14.2. The summed E-state index contributed by atoms with van der Waals surface area (Å²) in [6, 6.07) is 12.2. The second-order valence-corrected chi connectivity index (χ2v) is 8.75. The normalized spacial score (nSPS) is 10.6. The van der Waals surface area contributed by atoms with Crippen molar-refractivity contribution >= 4 is 50.8 Å². The van der Waals surface area contributed by atoms with Gasteiger partial charge in [0.25, 0.3) is 11.8 Å². The van der Waals surface area contributed by atoms with Gasteiger partial charge < -0.3 is 15.4 Å². The molecule has 2 amide bonds. The summed E-state index contributed by atoms with van der Waals surface area (Å²) in [5, 5.41) is 8.52. The number of para-hydroxylation sites is 1. The van der Waals surface area contributed by atoms with Crippen molar-refractivity contribution in [1.82, 2.24) is 10.6 Å². The molecule has 3 N–H and O–H groups in total. The van der Waals surface area contributed by atoms with E-state index in [1.54, 1.807) is 36.4 Å². The van der Waals surface area contributed by atoms with Gasteiger partial charge in [-0.3, -0.25) is 14.9 Å². The summed E-state index contributed by atoms with van der Waals surface area (Å²) in [5.41, 5.74) is 1.30. The quantitative estimate of drug-likeness (QED) is 0.487. The van der Waals surface area contributed by atoms with Gasteiger partial charge in [0.1, 0.15) is 5.75 Å². The Morgan fingerprint density at radius 3 is 2.40 bits per heavy atom. The fraction of sp³-hybridized carbons (Fsp3) is 0.318. The number of thiocarbonyl (C=S) groups is 1. The van der Waals surface area contributed by atoms with Gasteiger partial charge in [0.15, 0.2) is 5.11 Å². The fourth-order valence-electron chi connectivity index (χ4n) is 2.52. The molecule has 0 saturated carbocycles. The van der Waals surface area contributed by atoms with Crippen LogP contribution in [0.25, 0.3) is 0 Å². The summed E-state index contributed by atoms with van der Waals surface area (Å²) >= 11 is 8.68. The Morgan fingerprint density at radius 2 is 1.73 bits per heavy atom. The molecule has 0 spiro atoms. The lowest BCUT2D eigenvalue weighted by molar-refractivity contribution is 0.0942. The van der Waals surface area contributed by atoms with Gasteiger partial charge in [-0.15, -0.1) is 0 Å². The molecule has 0 saturated heterocycles. The van der Waals surface area contributed by atoms with Crippen LogP contribution in [0.2, 0.25) is 0 Å². The summed E-state index contributed by atoms with van der Waals surface area (Å²) in [4.78, 5) is 25.2. The number of carbonyl (C=O) groups excluding carboxylic acids is 2. The molecule has 0 aliphatic heterocycles. The fourth-order valence-corrected chi connectivity index (χ4v) is 3.08. The van der Waals surface area contributed by atoms with E-state index in [0.717, 1.165) is 4.47 Å². The molecule has 0 radical (unpaired) electrons. The Bertz CT molecular complexity index is 932. The predicted molar refractivity (Wildman–Crippen MR) is 127 cm³/mol. The number of anilines is 1. The minimum absolute atomic E-state index is 0.00185. The number of hydrogen-bond donors (Lipinski definition) is 3. The predicted octanol–water partition coefficient (Wildman–Crippen LogP) is 4.75. The Balaban J connectivity index is 2.14. The second kappa shape index (κ2) is 11.1. The molecule has 6 nitrogen and oxygen atoms in total. The molecular weight excluding hydrogens is 466 g/mol. The maximum absolute atomic E-state index is 12.8. The van der Waals surface area contributed by atoms with Gasteiger partial charge in [-0.25, -0.2) is 0 Å². The van der Waals surface area contributed by atoms with E-state index >= 15 is 0 Å². The summed E-state index contributed by atoms with van der Waals surface area (Å²) in [7, 11) is 0. The van der Waals surface area contributed by atoms with Crippen molar-refractivity contribution in [2.75, 3.05) is 11.9 Å². The van der Waals surface area contributed by atoms with Gasteiger partial charge in [0.05, 0.1) is 23.4 Å². The number of benzene rings is 2. The monoisotopic (exact) mass is 491 g/mol. The summed E-state index contributed by atoms with van der Waals surface area (Å²) in [6.45, 7) is 8.32. The number of amides is 2. The molecule has 2 rings (SSSR count). The van der Waals surface area contributed by atoms with Crippen LogP contribution in [0.1, 0.15) is 48.4 Å².